The zero-order valence-corrected chi connectivity index (χ0v) is 18.2. The Labute approximate surface area is 185 Å². The molecule has 0 bridgehead atoms. The maximum absolute atomic E-state index is 13.5. The van der Waals surface area contributed by atoms with Crippen molar-refractivity contribution >= 4 is 17.5 Å². The van der Waals surface area contributed by atoms with Gasteiger partial charge in [-0.3, -0.25) is 9.59 Å². The molecule has 1 unspecified atom stereocenters. The highest BCUT2D eigenvalue weighted by Gasteiger charge is 2.48. The number of anilines is 1. The summed E-state index contributed by atoms with van der Waals surface area (Å²) in [4.78, 5) is 28.3. The predicted molar refractivity (Wildman–Crippen MR) is 111 cm³/mol. The van der Waals surface area contributed by atoms with E-state index >= 15 is 0 Å². The van der Waals surface area contributed by atoms with Gasteiger partial charge >= 0.3 is 6.18 Å². The van der Waals surface area contributed by atoms with E-state index in [4.69, 9.17) is 10.00 Å². The Bertz CT molecular complexity index is 905. The molecule has 7 nitrogen and oxygen atoms in total. The van der Waals surface area contributed by atoms with Gasteiger partial charge < -0.3 is 19.9 Å². The molecule has 32 heavy (non-hydrogen) atoms. The molecule has 10 heteroatoms. The van der Waals surface area contributed by atoms with E-state index in [1.807, 2.05) is 6.92 Å². The third-order valence-electron chi connectivity index (χ3n) is 6.42. The van der Waals surface area contributed by atoms with E-state index in [9.17, 15) is 22.8 Å². The molecule has 1 N–H and O–H groups in total. The summed E-state index contributed by atoms with van der Waals surface area (Å²) in [7, 11) is 1.50. The SMILES string of the molecule is CCOCC(=O)N1CCC2(CC1)CC(C(=O)NC)N(c1ccc(C#N)c(C(F)(F)F)c1)C2. The van der Waals surface area contributed by atoms with Gasteiger partial charge in [-0.05, 0) is 49.8 Å². The topological polar surface area (TPSA) is 85.7 Å². The first kappa shape index (κ1) is 23.9. The number of nitrogens with zero attached hydrogens (tertiary/aromatic N) is 3. The first-order valence-electron chi connectivity index (χ1n) is 10.6. The maximum atomic E-state index is 13.5. The molecule has 2 aliphatic rings. The molecule has 1 aromatic rings. The van der Waals surface area contributed by atoms with Gasteiger partial charge in [0.2, 0.25) is 11.8 Å². The number of hydrogen-bond donors (Lipinski definition) is 1. The van der Waals surface area contributed by atoms with E-state index in [0.29, 0.717) is 45.5 Å². The lowest BCUT2D eigenvalue weighted by Crippen LogP contribution is -2.45. The van der Waals surface area contributed by atoms with Crippen molar-refractivity contribution in [1.29, 1.82) is 5.26 Å². The number of benzene rings is 1. The maximum Gasteiger partial charge on any atom is 0.417 e. The summed E-state index contributed by atoms with van der Waals surface area (Å²) < 4.78 is 45.6. The van der Waals surface area contributed by atoms with Crippen LogP contribution in [0.25, 0.3) is 0 Å². The van der Waals surface area contributed by atoms with Crippen molar-refractivity contribution in [2.45, 2.75) is 38.4 Å². The van der Waals surface area contributed by atoms with Crippen LogP contribution >= 0.6 is 0 Å². The van der Waals surface area contributed by atoms with Crippen LogP contribution in [-0.2, 0) is 20.5 Å². The quantitative estimate of drug-likeness (QED) is 0.742. The molecular formula is C22H27F3N4O3. The number of hydrogen-bond acceptors (Lipinski definition) is 5. The summed E-state index contributed by atoms with van der Waals surface area (Å²) >= 11 is 0. The van der Waals surface area contributed by atoms with Crippen LogP contribution in [-0.4, -0.2) is 62.7 Å². The smallest absolute Gasteiger partial charge is 0.372 e. The van der Waals surface area contributed by atoms with Crippen molar-refractivity contribution in [2.75, 3.05) is 44.8 Å². The monoisotopic (exact) mass is 452 g/mol. The van der Waals surface area contributed by atoms with Crippen LogP contribution < -0.4 is 10.2 Å². The van der Waals surface area contributed by atoms with Gasteiger partial charge in [0.1, 0.15) is 12.6 Å². The average Bonchev–Trinajstić information content (AvgIpc) is 3.15. The van der Waals surface area contributed by atoms with Crippen LogP contribution in [0.3, 0.4) is 0 Å². The number of likely N-dealkylation sites (N-methyl/N-ethyl adjacent to an activating group) is 1. The van der Waals surface area contributed by atoms with E-state index in [-0.39, 0.29) is 29.5 Å². The Hall–Kier alpha value is -2.80. The number of amides is 2. The number of carbonyl (C=O) groups is 2. The molecule has 1 aromatic carbocycles. The highest BCUT2D eigenvalue weighted by atomic mass is 19.4. The number of alkyl halides is 3. The van der Waals surface area contributed by atoms with Crippen molar-refractivity contribution in [1.82, 2.24) is 10.2 Å². The molecule has 1 atom stereocenters. The van der Waals surface area contributed by atoms with Crippen LogP contribution in [0.4, 0.5) is 18.9 Å². The van der Waals surface area contributed by atoms with Gasteiger partial charge in [-0.25, -0.2) is 0 Å². The Kier molecular flexibility index (Phi) is 6.98. The van der Waals surface area contributed by atoms with Crippen LogP contribution in [0, 0.1) is 16.7 Å². The minimum atomic E-state index is -4.67. The van der Waals surface area contributed by atoms with Gasteiger partial charge in [-0.15, -0.1) is 0 Å². The summed E-state index contributed by atoms with van der Waals surface area (Å²) in [6.07, 6.45) is -2.89. The highest BCUT2D eigenvalue weighted by molar-refractivity contribution is 5.86. The van der Waals surface area contributed by atoms with Gasteiger partial charge in [-0.1, -0.05) is 0 Å². The van der Waals surface area contributed by atoms with E-state index in [1.54, 1.807) is 15.9 Å². The first-order chi connectivity index (χ1) is 15.1. The average molecular weight is 452 g/mol. The summed E-state index contributed by atoms with van der Waals surface area (Å²) in [5.74, 6) is -0.351. The summed E-state index contributed by atoms with van der Waals surface area (Å²) in [6.45, 7) is 3.74. The lowest BCUT2D eigenvalue weighted by atomic mass is 9.76. The fraction of sp³-hybridized carbons (Fsp3) is 0.591. The second kappa shape index (κ2) is 9.36. The second-order valence-electron chi connectivity index (χ2n) is 8.32. The molecular weight excluding hydrogens is 425 g/mol. The third kappa shape index (κ3) is 4.83. The van der Waals surface area contributed by atoms with Crippen molar-refractivity contribution in [2.24, 2.45) is 5.41 Å². The third-order valence-corrected chi connectivity index (χ3v) is 6.42. The Morgan fingerprint density at radius 3 is 2.56 bits per heavy atom. The normalized spacial score (nSPS) is 20.3. The van der Waals surface area contributed by atoms with E-state index in [1.165, 1.54) is 13.1 Å². The zero-order chi connectivity index (χ0) is 23.5. The summed E-state index contributed by atoms with van der Waals surface area (Å²) in [6, 6.07) is 4.53. The Morgan fingerprint density at radius 1 is 1.31 bits per heavy atom. The highest BCUT2D eigenvalue weighted by Crippen LogP contribution is 2.46. The van der Waals surface area contributed by atoms with E-state index in [2.05, 4.69) is 5.32 Å². The number of nitrogens with one attached hydrogen (secondary N) is 1. The number of likely N-dealkylation sites (tertiary alicyclic amines) is 1. The van der Waals surface area contributed by atoms with Crippen molar-refractivity contribution in [3.8, 4) is 6.07 Å². The number of halogens is 3. The molecule has 174 valence electrons. The lowest BCUT2D eigenvalue weighted by molar-refractivity contribution is -0.138. The molecule has 2 saturated heterocycles. The van der Waals surface area contributed by atoms with Gasteiger partial charge in [0.15, 0.2) is 0 Å². The largest absolute Gasteiger partial charge is 0.417 e. The number of nitriles is 1. The van der Waals surface area contributed by atoms with Gasteiger partial charge in [0.25, 0.3) is 0 Å². The molecule has 0 aromatic heterocycles. The van der Waals surface area contributed by atoms with Gasteiger partial charge in [-0.2, -0.15) is 18.4 Å². The van der Waals surface area contributed by atoms with Gasteiger partial charge in [0.05, 0.1) is 17.2 Å². The number of ether oxygens (including phenoxy) is 1. The van der Waals surface area contributed by atoms with Crippen LogP contribution in [0.5, 0.6) is 0 Å². The molecule has 0 saturated carbocycles. The van der Waals surface area contributed by atoms with Crippen LogP contribution in [0.2, 0.25) is 0 Å². The molecule has 2 aliphatic heterocycles. The fourth-order valence-corrected chi connectivity index (χ4v) is 4.64. The Balaban J connectivity index is 1.84. The van der Waals surface area contributed by atoms with Crippen LogP contribution in [0.1, 0.15) is 37.3 Å². The fourth-order valence-electron chi connectivity index (χ4n) is 4.64. The first-order valence-corrected chi connectivity index (χ1v) is 10.6. The van der Waals surface area contributed by atoms with Crippen molar-refractivity contribution < 1.29 is 27.5 Å². The van der Waals surface area contributed by atoms with Crippen molar-refractivity contribution in [3.05, 3.63) is 29.3 Å². The summed E-state index contributed by atoms with van der Waals surface area (Å²) in [5, 5.41) is 11.7. The standard InChI is InChI=1S/C22H27F3N4O3/c1-3-32-13-19(30)28-8-6-21(7-9-28)11-18(20(31)27-2)29(14-21)16-5-4-15(12-26)17(10-16)22(23,24)25/h4-5,10,18H,3,6-9,11,13-14H2,1-2H3,(H,27,31). The number of rotatable bonds is 5. The number of piperidine rings is 1. The minimum Gasteiger partial charge on any atom is -0.372 e. The molecule has 2 amide bonds. The van der Waals surface area contributed by atoms with E-state index in [0.717, 1.165) is 12.1 Å². The lowest BCUT2D eigenvalue weighted by Gasteiger charge is -2.39. The summed E-state index contributed by atoms with van der Waals surface area (Å²) in [5.41, 5.74) is -1.49. The number of carbonyl (C=O) groups excluding carboxylic acids is 2. The Morgan fingerprint density at radius 2 is 2.00 bits per heavy atom. The zero-order valence-electron chi connectivity index (χ0n) is 18.2. The van der Waals surface area contributed by atoms with Gasteiger partial charge in [0, 0.05) is 39.0 Å². The molecule has 3 rings (SSSR count). The molecule has 2 fully saturated rings. The minimum absolute atomic E-state index is 0.0297. The molecule has 0 radical (unpaired) electrons. The van der Waals surface area contributed by atoms with E-state index < -0.39 is 23.3 Å². The second-order valence-corrected chi connectivity index (χ2v) is 8.32. The molecule has 0 aliphatic carbocycles. The van der Waals surface area contributed by atoms with Crippen LogP contribution in [0.15, 0.2) is 18.2 Å². The predicted octanol–water partition coefficient (Wildman–Crippen LogP) is 2.55. The molecule has 2 heterocycles. The molecule has 1 spiro atoms. The van der Waals surface area contributed by atoms with Crippen molar-refractivity contribution in [3.63, 3.8) is 0 Å².